The first kappa shape index (κ1) is 10.1. The van der Waals surface area contributed by atoms with Crippen molar-refractivity contribution in [1.29, 1.82) is 0 Å². The molecule has 0 heterocycles. The number of nitro benzene ring substituents is 1. The van der Waals surface area contributed by atoms with Crippen LogP contribution in [-0.4, -0.2) is 11.0 Å². The van der Waals surface area contributed by atoms with Crippen LogP contribution in [0.25, 0.3) is 0 Å². The molecule has 1 aliphatic carbocycles. The Balaban J connectivity index is 2.16. The molecular formula is C11H14N2O2. The molecule has 0 saturated heterocycles. The second-order valence-corrected chi connectivity index (χ2v) is 4.04. The minimum atomic E-state index is -0.316. The van der Waals surface area contributed by atoms with Gasteiger partial charge in [0, 0.05) is 24.2 Å². The Morgan fingerprint density at radius 3 is 2.87 bits per heavy atom. The van der Waals surface area contributed by atoms with E-state index >= 15 is 0 Å². The molecule has 1 aromatic rings. The number of rotatable bonds is 4. The van der Waals surface area contributed by atoms with Gasteiger partial charge >= 0.3 is 0 Å². The third kappa shape index (κ3) is 2.53. The maximum absolute atomic E-state index is 10.8. The van der Waals surface area contributed by atoms with E-state index in [4.69, 9.17) is 0 Å². The van der Waals surface area contributed by atoms with Gasteiger partial charge in [0.25, 0.3) is 5.69 Å². The zero-order valence-electron chi connectivity index (χ0n) is 8.69. The third-order valence-corrected chi connectivity index (χ3v) is 2.59. The molecule has 0 amide bonds. The van der Waals surface area contributed by atoms with Crippen molar-refractivity contribution in [3.63, 3.8) is 0 Å². The molecule has 1 aromatic carbocycles. The number of nitro groups is 1. The van der Waals surface area contributed by atoms with Gasteiger partial charge in [-0.05, 0) is 25.8 Å². The van der Waals surface area contributed by atoms with Gasteiger partial charge in [0.05, 0.1) is 4.92 Å². The number of benzene rings is 1. The van der Waals surface area contributed by atoms with E-state index in [1.54, 1.807) is 12.1 Å². The van der Waals surface area contributed by atoms with Gasteiger partial charge in [-0.3, -0.25) is 10.1 Å². The third-order valence-electron chi connectivity index (χ3n) is 2.59. The van der Waals surface area contributed by atoms with Crippen LogP contribution in [0.15, 0.2) is 18.2 Å². The van der Waals surface area contributed by atoms with E-state index in [2.05, 4.69) is 5.32 Å². The van der Waals surface area contributed by atoms with Gasteiger partial charge in [0.15, 0.2) is 0 Å². The molecule has 4 heteroatoms. The van der Waals surface area contributed by atoms with Gasteiger partial charge in [0.2, 0.25) is 0 Å². The standard InChI is InChI=1S/C11H14N2O2/c1-8-2-5-11(13(14)15)9(6-8)7-12-10-3-4-10/h2,5-6,10,12H,3-4,7H2,1H3. The monoisotopic (exact) mass is 206 g/mol. The first-order valence-corrected chi connectivity index (χ1v) is 5.14. The number of hydrogen-bond acceptors (Lipinski definition) is 3. The van der Waals surface area contributed by atoms with Crippen molar-refractivity contribution < 1.29 is 4.92 Å². The van der Waals surface area contributed by atoms with Crippen LogP contribution in [0, 0.1) is 17.0 Å². The maximum Gasteiger partial charge on any atom is 0.273 e. The Labute approximate surface area is 88.5 Å². The second kappa shape index (κ2) is 3.98. The quantitative estimate of drug-likeness (QED) is 0.606. The first-order chi connectivity index (χ1) is 7.16. The molecule has 1 N–H and O–H groups in total. The molecule has 2 rings (SSSR count). The first-order valence-electron chi connectivity index (χ1n) is 5.14. The van der Waals surface area contributed by atoms with Crippen LogP contribution >= 0.6 is 0 Å². The van der Waals surface area contributed by atoms with Crippen LogP contribution < -0.4 is 5.32 Å². The van der Waals surface area contributed by atoms with E-state index in [1.165, 1.54) is 12.8 Å². The molecule has 0 aromatic heterocycles. The fourth-order valence-electron chi connectivity index (χ4n) is 1.58. The summed E-state index contributed by atoms with van der Waals surface area (Å²) < 4.78 is 0. The Morgan fingerprint density at radius 2 is 2.27 bits per heavy atom. The lowest BCUT2D eigenvalue weighted by Gasteiger charge is -2.05. The van der Waals surface area contributed by atoms with Crippen molar-refractivity contribution in [1.82, 2.24) is 5.32 Å². The summed E-state index contributed by atoms with van der Waals surface area (Å²) in [5.74, 6) is 0. The van der Waals surface area contributed by atoms with Gasteiger partial charge in [-0.25, -0.2) is 0 Å². The van der Waals surface area contributed by atoms with Gasteiger partial charge in [-0.15, -0.1) is 0 Å². The highest BCUT2D eigenvalue weighted by Crippen LogP contribution is 2.23. The minimum Gasteiger partial charge on any atom is -0.310 e. The predicted molar refractivity (Wildman–Crippen MR) is 57.7 cm³/mol. The smallest absolute Gasteiger partial charge is 0.273 e. The Morgan fingerprint density at radius 1 is 1.53 bits per heavy atom. The Kier molecular flexibility index (Phi) is 2.68. The van der Waals surface area contributed by atoms with Gasteiger partial charge in [-0.1, -0.05) is 11.6 Å². The molecule has 0 radical (unpaired) electrons. The summed E-state index contributed by atoms with van der Waals surface area (Å²) >= 11 is 0. The van der Waals surface area contributed by atoms with E-state index in [0.29, 0.717) is 12.6 Å². The fraction of sp³-hybridized carbons (Fsp3) is 0.455. The topological polar surface area (TPSA) is 55.2 Å². The van der Waals surface area contributed by atoms with Gasteiger partial charge in [0.1, 0.15) is 0 Å². The molecular weight excluding hydrogens is 192 g/mol. The van der Waals surface area contributed by atoms with Crippen molar-refractivity contribution >= 4 is 5.69 Å². The number of hydrogen-bond donors (Lipinski definition) is 1. The van der Waals surface area contributed by atoms with Crippen molar-refractivity contribution in [3.8, 4) is 0 Å². The molecule has 4 nitrogen and oxygen atoms in total. The van der Waals surface area contributed by atoms with Crippen molar-refractivity contribution in [2.24, 2.45) is 0 Å². The molecule has 0 bridgehead atoms. The van der Waals surface area contributed by atoms with E-state index in [-0.39, 0.29) is 10.6 Å². The number of aryl methyl sites for hydroxylation is 1. The van der Waals surface area contributed by atoms with Crippen LogP contribution in [0.3, 0.4) is 0 Å². The number of nitrogens with zero attached hydrogens (tertiary/aromatic N) is 1. The average Bonchev–Trinajstić information content (AvgIpc) is 2.97. The normalized spacial score (nSPS) is 15.3. The summed E-state index contributed by atoms with van der Waals surface area (Å²) in [7, 11) is 0. The molecule has 1 fully saturated rings. The van der Waals surface area contributed by atoms with Crippen LogP contribution in [-0.2, 0) is 6.54 Å². The van der Waals surface area contributed by atoms with Crippen molar-refractivity contribution in [2.75, 3.05) is 0 Å². The van der Waals surface area contributed by atoms with Crippen LogP contribution in [0.4, 0.5) is 5.69 Å². The largest absolute Gasteiger partial charge is 0.310 e. The van der Waals surface area contributed by atoms with E-state index in [1.807, 2.05) is 13.0 Å². The zero-order chi connectivity index (χ0) is 10.8. The number of nitrogens with one attached hydrogen (secondary N) is 1. The highest BCUT2D eigenvalue weighted by Gasteiger charge is 2.22. The van der Waals surface area contributed by atoms with Crippen LogP contribution in [0.2, 0.25) is 0 Å². The van der Waals surface area contributed by atoms with E-state index in [9.17, 15) is 10.1 Å². The van der Waals surface area contributed by atoms with Gasteiger partial charge < -0.3 is 5.32 Å². The molecule has 1 saturated carbocycles. The SMILES string of the molecule is Cc1ccc([N+](=O)[O-])c(CNC2CC2)c1. The summed E-state index contributed by atoms with van der Waals surface area (Å²) in [6.07, 6.45) is 2.39. The minimum absolute atomic E-state index is 0.216. The zero-order valence-corrected chi connectivity index (χ0v) is 8.69. The summed E-state index contributed by atoms with van der Waals surface area (Å²) in [6.45, 7) is 2.55. The highest BCUT2D eigenvalue weighted by atomic mass is 16.6. The molecule has 0 atom stereocenters. The van der Waals surface area contributed by atoms with Crippen LogP contribution in [0.1, 0.15) is 24.0 Å². The summed E-state index contributed by atoms with van der Waals surface area (Å²) in [6, 6.07) is 5.82. The summed E-state index contributed by atoms with van der Waals surface area (Å²) in [4.78, 5) is 10.5. The lowest BCUT2D eigenvalue weighted by molar-refractivity contribution is -0.385. The summed E-state index contributed by atoms with van der Waals surface area (Å²) in [5.41, 5.74) is 2.06. The average molecular weight is 206 g/mol. The molecule has 0 unspecified atom stereocenters. The molecule has 15 heavy (non-hydrogen) atoms. The lowest BCUT2D eigenvalue weighted by atomic mass is 10.1. The molecule has 1 aliphatic rings. The van der Waals surface area contributed by atoms with E-state index in [0.717, 1.165) is 11.1 Å². The predicted octanol–water partition coefficient (Wildman–Crippen LogP) is 2.16. The van der Waals surface area contributed by atoms with Crippen LogP contribution in [0.5, 0.6) is 0 Å². The Hall–Kier alpha value is -1.42. The molecule has 80 valence electrons. The van der Waals surface area contributed by atoms with Crippen molar-refractivity contribution in [2.45, 2.75) is 32.4 Å². The fourth-order valence-corrected chi connectivity index (χ4v) is 1.58. The highest BCUT2D eigenvalue weighted by molar-refractivity contribution is 5.42. The molecule has 0 aliphatic heterocycles. The lowest BCUT2D eigenvalue weighted by Crippen LogP contribution is -2.16. The summed E-state index contributed by atoms with van der Waals surface area (Å²) in [5, 5.41) is 14.1. The Bertz CT molecular complexity index is 386. The second-order valence-electron chi connectivity index (χ2n) is 4.04. The van der Waals surface area contributed by atoms with Gasteiger partial charge in [-0.2, -0.15) is 0 Å². The van der Waals surface area contributed by atoms with E-state index < -0.39 is 0 Å². The molecule has 0 spiro atoms. The van der Waals surface area contributed by atoms with Crippen molar-refractivity contribution in [3.05, 3.63) is 39.4 Å². The maximum atomic E-state index is 10.8.